The van der Waals surface area contributed by atoms with E-state index in [1.807, 2.05) is 36.7 Å². The molecule has 3 aromatic heterocycles. The summed E-state index contributed by atoms with van der Waals surface area (Å²) in [6.45, 7) is 1.50. The van der Waals surface area contributed by atoms with E-state index in [0.29, 0.717) is 12.4 Å². The lowest BCUT2D eigenvalue weighted by molar-refractivity contribution is 0.702. The SMILES string of the molecule is CN(Cc1nccn1Cc1ccccc1)c1nc(-c2ccccn2)nc2c1CCC2. The average Bonchev–Trinajstić information content (AvgIpc) is 3.44. The first-order chi connectivity index (χ1) is 14.8. The zero-order valence-electron chi connectivity index (χ0n) is 17.1. The quantitative estimate of drug-likeness (QED) is 0.495. The summed E-state index contributed by atoms with van der Waals surface area (Å²) in [7, 11) is 2.09. The van der Waals surface area contributed by atoms with Gasteiger partial charge in [-0.15, -0.1) is 0 Å². The van der Waals surface area contributed by atoms with E-state index >= 15 is 0 Å². The predicted molar refractivity (Wildman–Crippen MR) is 117 cm³/mol. The fraction of sp³-hybridized carbons (Fsp3) is 0.250. The highest BCUT2D eigenvalue weighted by molar-refractivity contribution is 5.58. The van der Waals surface area contributed by atoms with E-state index < -0.39 is 0 Å². The molecule has 0 radical (unpaired) electrons. The summed E-state index contributed by atoms with van der Waals surface area (Å²) in [5.41, 5.74) is 4.49. The zero-order chi connectivity index (χ0) is 20.3. The van der Waals surface area contributed by atoms with Gasteiger partial charge in [0.25, 0.3) is 0 Å². The number of benzene rings is 1. The van der Waals surface area contributed by atoms with Gasteiger partial charge in [0.05, 0.1) is 6.54 Å². The van der Waals surface area contributed by atoms with Crippen molar-refractivity contribution in [3.8, 4) is 11.5 Å². The maximum absolute atomic E-state index is 4.92. The number of anilines is 1. The molecule has 6 heteroatoms. The zero-order valence-corrected chi connectivity index (χ0v) is 17.1. The van der Waals surface area contributed by atoms with Gasteiger partial charge in [0.1, 0.15) is 17.3 Å². The number of fused-ring (bicyclic) bond motifs is 1. The standard InChI is InChI=1S/C24H24N6/c1-29(17-22-26-14-15-30(22)16-18-8-3-2-4-9-18)24-19-10-7-12-20(19)27-23(28-24)21-11-5-6-13-25-21/h2-6,8-9,11,13-15H,7,10,12,16-17H2,1H3. The lowest BCUT2D eigenvalue weighted by atomic mass is 10.2. The van der Waals surface area contributed by atoms with E-state index in [-0.39, 0.29) is 0 Å². The van der Waals surface area contributed by atoms with Gasteiger partial charge in [-0.25, -0.2) is 15.0 Å². The van der Waals surface area contributed by atoms with Crippen LogP contribution in [-0.4, -0.2) is 31.6 Å². The average molecular weight is 396 g/mol. The van der Waals surface area contributed by atoms with Gasteiger partial charge in [0, 0.05) is 43.4 Å². The third-order valence-corrected chi connectivity index (χ3v) is 5.54. The summed E-state index contributed by atoms with van der Waals surface area (Å²) >= 11 is 0. The summed E-state index contributed by atoms with van der Waals surface area (Å²) in [5, 5.41) is 0. The van der Waals surface area contributed by atoms with Gasteiger partial charge in [-0.3, -0.25) is 4.98 Å². The lowest BCUT2D eigenvalue weighted by Crippen LogP contribution is -2.23. The molecule has 4 aromatic rings. The number of hydrogen-bond donors (Lipinski definition) is 0. The van der Waals surface area contributed by atoms with E-state index in [4.69, 9.17) is 9.97 Å². The second-order valence-corrected chi connectivity index (χ2v) is 7.68. The van der Waals surface area contributed by atoms with Crippen LogP contribution in [0.15, 0.2) is 67.1 Å². The lowest BCUT2D eigenvalue weighted by Gasteiger charge is -2.22. The van der Waals surface area contributed by atoms with Gasteiger partial charge in [-0.2, -0.15) is 0 Å². The minimum absolute atomic E-state index is 0.685. The Kier molecular flexibility index (Phi) is 4.97. The van der Waals surface area contributed by atoms with Crippen LogP contribution in [0.5, 0.6) is 0 Å². The van der Waals surface area contributed by atoms with Crippen LogP contribution in [-0.2, 0) is 25.9 Å². The van der Waals surface area contributed by atoms with Gasteiger partial charge in [0.15, 0.2) is 5.82 Å². The normalized spacial score (nSPS) is 12.7. The van der Waals surface area contributed by atoms with Crippen LogP contribution >= 0.6 is 0 Å². The molecule has 0 saturated heterocycles. The molecule has 0 bridgehead atoms. The molecule has 1 aromatic carbocycles. The van der Waals surface area contributed by atoms with Gasteiger partial charge in [0.2, 0.25) is 0 Å². The van der Waals surface area contributed by atoms with Crippen LogP contribution in [0, 0.1) is 0 Å². The molecule has 0 fully saturated rings. The third kappa shape index (κ3) is 3.68. The molecular formula is C24H24N6. The summed E-state index contributed by atoms with van der Waals surface area (Å²) in [4.78, 5) is 21.0. The topological polar surface area (TPSA) is 59.7 Å². The van der Waals surface area contributed by atoms with Crippen molar-refractivity contribution in [3.63, 3.8) is 0 Å². The van der Waals surface area contributed by atoms with Gasteiger partial charge in [-0.05, 0) is 37.0 Å². The monoisotopic (exact) mass is 396 g/mol. The van der Waals surface area contributed by atoms with Crippen molar-refractivity contribution in [2.24, 2.45) is 0 Å². The largest absolute Gasteiger partial charge is 0.352 e. The van der Waals surface area contributed by atoms with Crippen molar-refractivity contribution in [1.82, 2.24) is 24.5 Å². The van der Waals surface area contributed by atoms with Crippen LogP contribution in [0.25, 0.3) is 11.5 Å². The minimum atomic E-state index is 0.685. The Morgan fingerprint density at radius 2 is 1.80 bits per heavy atom. The number of pyridine rings is 1. The fourth-order valence-electron chi connectivity index (χ4n) is 4.04. The Hall–Kier alpha value is -3.54. The van der Waals surface area contributed by atoms with Gasteiger partial charge >= 0.3 is 0 Å². The Labute approximate surface area is 176 Å². The highest BCUT2D eigenvalue weighted by atomic mass is 15.2. The number of aromatic nitrogens is 5. The van der Waals surface area contributed by atoms with E-state index in [1.165, 1.54) is 11.1 Å². The first-order valence-corrected chi connectivity index (χ1v) is 10.3. The minimum Gasteiger partial charge on any atom is -0.352 e. The van der Waals surface area contributed by atoms with Crippen molar-refractivity contribution in [2.75, 3.05) is 11.9 Å². The van der Waals surface area contributed by atoms with Crippen molar-refractivity contribution < 1.29 is 0 Å². The molecule has 0 saturated carbocycles. The summed E-state index contributed by atoms with van der Waals surface area (Å²) < 4.78 is 2.20. The molecule has 30 heavy (non-hydrogen) atoms. The van der Waals surface area contributed by atoms with Crippen molar-refractivity contribution in [2.45, 2.75) is 32.4 Å². The number of rotatable bonds is 6. The smallest absolute Gasteiger partial charge is 0.180 e. The van der Waals surface area contributed by atoms with Crippen LogP contribution < -0.4 is 4.90 Å². The third-order valence-electron chi connectivity index (χ3n) is 5.54. The molecule has 150 valence electrons. The predicted octanol–water partition coefficient (Wildman–Crippen LogP) is 3.91. The Bertz CT molecular complexity index is 1140. The fourth-order valence-corrected chi connectivity index (χ4v) is 4.04. The molecule has 0 amide bonds. The molecule has 1 aliphatic rings. The van der Waals surface area contributed by atoms with Crippen molar-refractivity contribution in [1.29, 1.82) is 0 Å². The second kappa shape index (κ2) is 8.06. The molecule has 5 rings (SSSR count). The highest BCUT2D eigenvalue weighted by Crippen LogP contribution is 2.31. The van der Waals surface area contributed by atoms with E-state index in [1.54, 1.807) is 6.20 Å². The maximum Gasteiger partial charge on any atom is 0.180 e. The van der Waals surface area contributed by atoms with Crippen molar-refractivity contribution in [3.05, 3.63) is 89.8 Å². The van der Waals surface area contributed by atoms with Crippen molar-refractivity contribution >= 4 is 5.82 Å². The van der Waals surface area contributed by atoms with Crippen LogP contribution in [0.3, 0.4) is 0 Å². The maximum atomic E-state index is 4.92. The Morgan fingerprint density at radius 3 is 2.63 bits per heavy atom. The molecule has 3 heterocycles. The number of nitrogens with zero attached hydrogens (tertiary/aromatic N) is 6. The Balaban J connectivity index is 1.44. The summed E-state index contributed by atoms with van der Waals surface area (Å²) in [6.07, 6.45) is 8.85. The first-order valence-electron chi connectivity index (χ1n) is 10.3. The van der Waals surface area contributed by atoms with Gasteiger partial charge in [-0.1, -0.05) is 36.4 Å². The molecule has 0 spiro atoms. The molecule has 0 atom stereocenters. The summed E-state index contributed by atoms with van der Waals surface area (Å²) in [6, 6.07) is 16.3. The highest BCUT2D eigenvalue weighted by Gasteiger charge is 2.23. The number of hydrogen-bond acceptors (Lipinski definition) is 5. The Morgan fingerprint density at radius 1 is 0.933 bits per heavy atom. The molecule has 0 N–H and O–H groups in total. The molecule has 0 aliphatic heterocycles. The van der Waals surface area contributed by atoms with Crippen LogP contribution in [0.4, 0.5) is 5.82 Å². The van der Waals surface area contributed by atoms with E-state index in [0.717, 1.165) is 48.8 Å². The van der Waals surface area contributed by atoms with Crippen LogP contribution in [0.1, 0.15) is 29.1 Å². The number of imidazole rings is 1. The molecule has 0 unspecified atom stereocenters. The molecule has 1 aliphatic carbocycles. The van der Waals surface area contributed by atoms with Crippen LogP contribution in [0.2, 0.25) is 0 Å². The van der Waals surface area contributed by atoms with Gasteiger partial charge < -0.3 is 9.47 Å². The first kappa shape index (κ1) is 18.5. The molecule has 6 nitrogen and oxygen atoms in total. The molecular weight excluding hydrogens is 372 g/mol. The second-order valence-electron chi connectivity index (χ2n) is 7.68. The van der Waals surface area contributed by atoms with E-state index in [9.17, 15) is 0 Å². The summed E-state index contributed by atoms with van der Waals surface area (Å²) in [5.74, 6) is 2.71. The van der Waals surface area contributed by atoms with E-state index in [2.05, 4.69) is 50.7 Å². The number of aryl methyl sites for hydroxylation is 1.